The van der Waals surface area contributed by atoms with E-state index in [0.717, 1.165) is 0 Å². The molecule has 0 aliphatic carbocycles. The number of ether oxygens (including phenoxy) is 1. The Kier molecular flexibility index (Phi) is 4.21. The fourth-order valence-electron chi connectivity index (χ4n) is 2.20. The third-order valence-electron chi connectivity index (χ3n) is 3.09. The number of halogens is 1. The summed E-state index contributed by atoms with van der Waals surface area (Å²) in [5, 5.41) is 5.23. The Bertz CT molecular complexity index is 630. The standard InChI is InChI=1S/C16H19FN2O3/c1-9-12(14(20)22-16(2,3)4)13(19-15(21)18-9)10-5-7-11(17)8-6-10/h5-8,13H,1-4H3,(H2,18,19,21)/t13-/m0/s1. The van der Waals surface area contributed by atoms with Crippen molar-refractivity contribution in [1.29, 1.82) is 0 Å². The molecule has 1 atom stereocenters. The minimum Gasteiger partial charge on any atom is -0.456 e. The zero-order valence-electron chi connectivity index (χ0n) is 13.0. The van der Waals surface area contributed by atoms with Crippen LogP contribution in [-0.2, 0) is 9.53 Å². The highest BCUT2D eigenvalue weighted by atomic mass is 19.1. The van der Waals surface area contributed by atoms with Crippen molar-refractivity contribution in [1.82, 2.24) is 10.6 Å². The van der Waals surface area contributed by atoms with E-state index in [9.17, 15) is 14.0 Å². The van der Waals surface area contributed by atoms with Gasteiger partial charge in [-0.15, -0.1) is 0 Å². The number of allylic oxidation sites excluding steroid dienone is 1. The van der Waals surface area contributed by atoms with Crippen LogP contribution < -0.4 is 10.6 Å². The van der Waals surface area contributed by atoms with Crippen molar-refractivity contribution in [2.45, 2.75) is 39.3 Å². The third kappa shape index (κ3) is 3.63. The largest absolute Gasteiger partial charge is 0.456 e. The molecule has 0 spiro atoms. The fraction of sp³-hybridized carbons (Fsp3) is 0.375. The van der Waals surface area contributed by atoms with E-state index in [-0.39, 0.29) is 5.82 Å². The Labute approximate surface area is 128 Å². The topological polar surface area (TPSA) is 67.4 Å². The number of hydrogen-bond acceptors (Lipinski definition) is 3. The lowest BCUT2D eigenvalue weighted by atomic mass is 9.95. The number of rotatable bonds is 2. The molecule has 2 N–H and O–H groups in total. The summed E-state index contributed by atoms with van der Waals surface area (Å²) >= 11 is 0. The number of benzene rings is 1. The first-order chi connectivity index (χ1) is 10.2. The highest BCUT2D eigenvalue weighted by molar-refractivity contribution is 5.95. The molecule has 1 aliphatic rings. The second-order valence-corrected chi connectivity index (χ2v) is 6.12. The minimum atomic E-state index is -0.677. The third-order valence-corrected chi connectivity index (χ3v) is 3.09. The summed E-state index contributed by atoms with van der Waals surface area (Å²) in [5.74, 6) is -0.907. The molecule has 0 fully saturated rings. The van der Waals surface area contributed by atoms with Crippen LogP contribution in [0, 0.1) is 5.82 Å². The Morgan fingerprint density at radius 2 is 1.82 bits per heavy atom. The van der Waals surface area contributed by atoms with E-state index in [0.29, 0.717) is 16.8 Å². The number of carbonyl (C=O) groups is 2. The van der Waals surface area contributed by atoms with Crippen LogP contribution in [0.15, 0.2) is 35.5 Å². The van der Waals surface area contributed by atoms with Gasteiger partial charge in [-0.05, 0) is 45.4 Å². The molecule has 118 valence electrons. The van der Waals surface area contributed by atoms with Crippen LogP contribution >= 0.6 is 0 Å². The smallest absolute Gasteiger partial charge is 0.338 e. The first kappa shape index (κ1) is 16.0. The van der Waals surface area contributed by atoms with Crippen LogP contribution in [0.3, 0.4) is 0 Å². The molecule has 22 heavy (non-hydrogen) atoms. The molecular weight excluding hydrogens is 287 g/mol. The quantitative estimate of drug-likeness (QED) is 0.826. The zero-order chi connectivity index (χ0) is 16.5. The summed E-state index contributed by atoms with van der Waals surface area (Å²) in [5.41, 5.74) is 0.684. The van der Waals surface area contributed by atoms with Gasteiger partial charge < -0.3 is 15.4 Å². The lowest BCUT2D eigenvalue weighted by molar-refractivity contribution is -0.150. The molecule has 2 rings (SSSR count). The van der Waals surface area contributed by atoms with Gasteiger partial charge in [0.05, 0.1) is 11.6 Å². The van der Waals surface area contributed by atoms with E-state index >= 15 is 0 Å². The highest BCUT2D eigenvalue weighted by Gasteiger charge is 2.33. The molecule has 1 heterocycles. The molecule has 2 amide bonds. The number of hydrogen-bond donors (Lipinski definition) is 2. The van der Waals surface area contributed by atoms with Crippen molar-refractivity contribution in [2.24, 2.45) is 0 Å². The first-order valence-corrected chi connectivity index (χ1v) is 6.94. The van der Waals surface area contributed by atoms with Gasteiger partial charge in [-0.2, -0.15) is 0 Å². The van der Waals surface area contributed by atoms with E-state index in [1.807, 2.05) is 0 Å². The average Bonchev–Trinajstić information content (AvgIpc) is 2.36. The van der Waals surface area contributed by atoms with E-state index in [2.05, 4.69) is 10.6 Å². The summed E-state index contributed by atoms with van der Waals surface area (Å²) < 4.78 is 18.5. The number of esters is 1. The molecule has 1 aliphatic heterocycles. The van der Waals surface area contributed by atoms with Gasteiger partial charge in [-0.3, -0.25) is 0 Å². The molecule has 0 radical (unpaired) electrons. The molecule has 0 saturated carbocycles. The van der Waals surface area contributed by atoms with Crippen molar-refractivity contribution >= 4 is 12.0 Å². The van der Waals surface area contributed by atoms with Gasteiger partial charge in [0.15, 0.2) is 0 Å². The highest BCUT2D eigenvalue weighted by Crippen LogP contribution is 2.28. The van der Waals surface area contributed by atoms with Crippen molar-refractivity contribution in [2.75, 3.05) is 0 Å². The van der Waals surface area contributed by atoms with Gasteiger partial charge in [-0.25, -0.2) is 14.0 Å². The first-order valence-electron chi connectivity index (χ1n) is 6.94. The fourth-order valence-corrected chi connectivity index (χ4v) is 2.20. The molecule has 0 bridgehead atoms. The number of nitrogens with one attached hydrogen (secondary N) is 2. The summed E-state index contributed by atoms with van der Waals surface area (Å²) in [6.07, 6.45) is 0. The summed E-state index contributed by atoms with van der Waals surface area (Å²) in [6.45, 7) is 6.93. The number of carbonyl (C=O) groups excluding carboxylic acids is 2. The van der Waals surface area contributed by atoms with E-state index in [1.165, 1.54) is 24.3 Å². The molecule has 0 unspecified atom stereocenters. The van der Waals surface area contributed by atoms with Crippen molar-refractivity contribution < 1.29 is 18.7 Å². The van der Waals surface area contributed by atoms with Crippen molar-refractivity contribution in [3.05, 3.63) is 46.9 Å². The Morgan fingerprint density at radius 3 is 2.36 bits per heavy atom. The van der Waals surface area contributed by atoms with Gasteiger partial charge in [0.1, 0.15) is 11.4 Å². The lowest BCUT2D eigenvalue weighted by Gasteiger charge is -2.30. The van der Waals surface area contributed by atoms with E-state index in [1.54, 1.807) is 27.7 Å². The maximum atomic E-state index is 13.1. The lowest BCUT2D eigenvalue weighted by Crippen LogP contribution is -2.46. The summed E-state index contributed by atoms with van der Waals surface area (Å²) in [6, 6.07) is 4.53. The second kappa shape index (κ2) is 5.79. The molecule has 1 aromatic rings. The van der Waals surface area contributed by atoms with Crippen LogP contribution in [-0.4, -0.2) is 17.6 Å². The predicted molar refractivity (Wildman–Crippen MR) is 79.4 cm³/mol. The summed E-state index contributed by atoms with van der Waals surface area (Å²) in [7, 11) is 0. The van der Waals surface area contributed by atoms with E-state index < -0.39 is 23.6 Å². The van der Waals surface area contributed by atoms with Gasteiger partial charge in [0, 0.05) is 5.70 Å². The van der Waals surface area contributed by atoms with Gasteiger partial charge in [0.2, 0.25) is 0 Å². The van der Waals surface area contributed by atoms with Gasteiger partial charge in [0.25, 0.3) is 0 Å². The SMILES string of the molecule is CC1=C(C(=O)OC(C)(C)C)[C@H](c2ccc(F)cc2)NC(=O)N1. The number of amides is 2. The molecular formula is C16H19FN2O3. The molecule has 1 aromatic carbocycles. The monoisotopic (exact) mass is 306 g/mol. The van der Waals surface area contributed by atoms with Crippen LogP contribution in [0.5, 0.6) is 0 Å². The van der Waals surface area contributed by atoms with Crippen LogP contribution in [0.4, 0.5) is 9.18 Å². The maximum Gasteiger partial charge on any atom is 0.338 e. The van der Waals surface area contributed by atoms with Crippen LogP contribution in [0.25, 0.3) is 0 Å². The minimum absolute atomic E-state index is 0.307. The normalized spacial score (nSPS) is 18.6. The molecule has 0 aromatic heterocycles. The van der Waals surface area contributed by atoms with Gasteiger partial charge in [-0.1, -0.05) is 12.1 Å². The Hall–Kier alpha value is -2.37. The zero-order valence-corrected chi connectivity index (χ0v) is 13.0. The Morgan fingerprint density at radius 1 is 1.23 bits per heavy atom. The molecule has 6 heteroatoms. The summed E-state index contributed by atoms with van der Waals surface area (Å²) in [4.78, 5) is 24.1. The van der Waals surface area contributed by atoms with Gasteiger partial charge >= 0.3 is 12.0 Å². The van der Waals surface area contributed by atoms with Crippen LogP contribution in [0.1, 0.15) is 39.3 Å². The second-order valence-electron chi connectivity index (χ2n) is 6.12. The van der Waals surface area contributed by atoms with Crippen molar-refractivity contribution in [3.8, 4) is 0 Å². The number of urea groups is 1. The van der Waals surface area contributed by atoms with Crippen molar-refractivity contribution in [3.63, 3.8) is 0 Å². The Balaban J connectivity index is 2.41. The molecule has 5 nitrogen and oxygen atoms in total. The maximum absolute atomic E-state index is 13.1. The van der Waals surface area contributed by atoms with Crippen LogP contribution in [0.2, 0.25) is 0 Å². The predicted octanol–water partition coefficient (Wildman–Crippen LogP) is 2.80. The molecule has 0 saturated heterocycles. The van der Waals surface area contributed by atoms with E-state index in [4.69, 9.17) is 4.74 Å². The average molecular weight is 306 g/mol.